The van der Waals surface area contributed by atoms with Gasteiger partial charge in [0.1, 0.15) is 0 Å². The summed E-state index contributed by atoms with van der Waals surface area (Å²) in [7, 11) is 0. The Balaban J connectivity index is 1.45. The van der Waals surface area contributed by atoms with E-state index in [9.17, 15) is 0 Å². The molecule has 1 aliphatic carbocycles. The molecule has 2 nitrogen and oxygen atoms in total. The number of halogens is 1. The van der Waals surface area contributed by atoms with Crippen molar-refractivity contribution >= 4 is 15.9 Å². The van der Waals surface area contributed by atoms with Crippen molar-refractivity contribution in [3.05, 3.63) is 34.3 Å². The molecule has 92 valence electrons. The predicted molar refractivity (Wildman–Crippen MR) is 69.8 cm³/mol. The first kappa shape index (κ1) is 11.7. The van der Waals surface area contributed by atoms with Crippen molar-refractivity contribution in [3.63, 3.8) is 0 Å². The summed E-state index contributed by atoms with van der Waals surface area (Å²) >= 11 is 3.46. The first-order valence-corrected chi connectivity index (χ1v) is 7.07. The van der Waals surface area contributed by atoms with E-state index in [1.54, 1.807) is 0 Å². The molecule has 0 amide bonds. The third-order valence-electron chi connectivity index (χ3n) is 3.77. The molecule has 0 radical (unpaired) electrons. The predicted octanol–water partition coefficient (Wildman–Crippen LogP) is 3.53. The minimum Gasteiger partial charge on any atom is -0.348 e. The SMILES string of the molecule is Brc1ccc(CCC2CC3(C2)OCCO3)cc1. The van der Waals surface area contributed by atoms with Crippen molar-refractivity contribution in [3.8, 4) is 0 Å². The third kappa shape index (κ3) is 2.56. The molecule has 0 unspecified atom stereocenters. The van der Waals surface area contributed by atoms with Gasteiger partial charge in [-0.05, 0) is 36.5 Å². The van der Waals surface area contributed by atoms with Gasteiger partial charge in [0.15, 0.2) is 5.79 Å². The molecular weight excluding hydrogens is 280 g/mol. The van der Waals surface area contributed by atoms with Crippen molar-refractivity contribution in [2.45, 2.75) is 31.5 Å². The van der Waals surface area contributed by atoms with Crippen LogP contribution in [0.15, 0.2) is 28.7 Å². The fourth-order valence-corrected chi connectivity index (χ4v) is 3.04. The highest BCUT2D eigenvalue weighted by Crippen LogP contribution is 2.46. The van der Waals surface area contributed by atoms with Gasteiger partial charge < -0.3 is 9.47 Å². The van der Waals surface area contributed by atoms with Gasteiger partial charge >= 0.3 is 0 Å². The molecule has 0 N–H and O–H groups in total. The second kappa shape index (κ2) is 4.71. The highest BCUT2D eigenvalue weighted by atomic mass is 79.9. The van der Waals surface area contributed by atoms with Gasteiger partial charge in [0, 0.05) is 17.3 Å². The zero-order valence-electron chi connectivity index (χ0n) is 9.82. The zero-order chi connectivity index (χ0) is 11.7. The van der Waals surface area contributed by atoms with E-state index in [1.165, 1.54) is 12.0 Å². The number of hydrogen-bond acceptors (Lipinski definition) is 2. The van der Waals surface area contributed by atoms with Crippen molar-refractivity contribution in [2.75, 3.05) is 13.2 Å². The van der Waals surface area contributed by atoms with Crippen molar-refractivity contribution in [2.24, 2.45) is 5.92 Å². The normalized spacial score (nSPS) is 22.9. The second-order valence-corrected chi connectivity index (χ2v) is 5.96. The lowest BCUT2D eigenvalue weighted by Gasteiger charge is -2.43. The first-order chi connectivity index (χ1) is 8.26. The average Bonchev–Trinajstić information content (AvgIpc) is 2.76. The van der Waals surface area contributed by atoms with E-state index in [0.29, 0.717) is 0 Å². The Morgan fingerprint density at radius 2 is 1.76 bits per heavy atom. The summed E-state index contributed by atoms with van der Waals surface area (Å²) in [5.41, 5.74) is 1.42. The van der Waals surface area contributed by atoms with E-state index >= 15 is 0 Å². The van der Waals surface area contributed by atoms with Crippen LogP contribution in [0.2, 0.25) is 0 Å². The van der Waals surface area contributed by atoms with Crippen LogP contribution in [0, 0.1) is 5.92 Å². The van der Waals surface area contributed by atoms with Crippen molar-refractivity contribution in [1.29, 1.82) is 0 Å². The van der Waals surface area contributed by atoms with Gasteiger partial charge in [0.05, 0.1) is 13.2 Å². The maximum absolute atomic E-state index is 5.65. The first-order valence-electron chi connectivity index (χ1n) is 6.28. The summed E-state index contributed by atoms with van der Waals surface area (Å²) in [6, 6.07) is 8.61. The largest absolute Gasteiger partial charge is 0.348 e. The fourth-order valence-electron chi connectivity index (χ4n) is 2.78. The lowest BCUT2D eigenvalue weighted by Crippen LogP contribution is -2.44. The van der Waals surface area contributed by atoms with Gasteiger partial charge in [-0.25, -0.2) is 0 Å². The Morgan fingerprint density at radius 1 is 1.12 bits per heavy atom. The molecule has 3 heteroatoms. The summed E-state index contributed by atoms with van der Waals surface area (Å²) in [6.45, 7) is 1.55. The standard InChI is InChI=1S/C14H17BrO2/c15-13-5-3-11(4-6-13)1-2-12-9-14(10-12)16-7-8-17-14/h3-6,12H,1-2,7-10H2. The van der Waals surface area contributed by atoms with Gasteiger partial charge in [-0.1, -0.05) is 28.1 Å². The topological polar surface area (TPSA) is 18.5 Å². The average molecular weight is 297 g/mol. The number of hydrogen-bond donors (Lipinski definition) is 0. The number of benzene rings is 1. The van der Waals surface area contributed by atoms with Crippen LogP contribution in [0.1, 0.15) is 24.8 Å². The molecule has 1 heterocycles. The fraction of sp³-hybridized carbons (Fsp3) is 0.571. The molecule has 1 saturated heterocycles. The molecule has 1 aliphatic heterocycles. The van der Waals surface area contributed by atoms with Crippen LogP contribution in [0.5, 0.6) is 0 Å². The monoisotopic (exact) mass is 296 g/mol. The zero-order valence-corrected chi connectivity index (χ0v) is 11.4. The molecular formula is C14H17BrO2. The van der Waals surface area contributed by atoms with E-state index in [0.717, 1.165) is 42.9 Å². The molecule has 0 aromatic heterocycles. The van der Waals surface area contributed by atoms with Crippen LogP contribution < -0.4 is 0 Å². The van der Waals surface area contributed by atoms with Gasteiger partial charge in [-0.15, -0.1) is 0 Å². The minimum atomic E-state index is -0.176. The van der Waals surface area contributed by atoms with E-state index in [2.05, 4.69) is 40.2 Å². The van der Waals surface area contributed by atoms with E-state index < -0.39 is 0 Å². The Labute approximate surface area is 110 Å². The van der Waals surface area contributed by atoms with Crippen molar-refractivity contribution < 1.29 is 9.47 Å². The molecule has 1 saturated carbocycles. The molecule has 1 aromatic carbocycles. The lowest BCUT2D eigenvalue weighted by atomic mass is 9.76. The number of rotatable bonds is 3. The van der Waals surface area contributed by atoms with Gasteiger partial charge in [-0.2, -0.15) is 0 Å². The second-order valence-electron chi connectivity index (χ2n) is 5.05. The maximum Gasteiger partial charge on any atom is 0.169 e. The molecule has 3 rings (SSSR count). The Bertz CT molecular complexity index is 374. The van der Waals surface area contributed by atoms with E-state index in [1.807, 2.05) is 0 Å². The van der Waals surface area contributed by atoms with E-state index in [4.69, 9.17) is 9.47 Å². The molecule has 0 bridgehead atoms. The van der Waals surface area contributed by atoms with Crippen LogP contribution in [0.3, 0.4) is 0 Å². The van der Waals surface area contributed by atoms with E-state index in [-0.39, 0.29) is 5.79 Å². The molecule has 2 aliphatic rings. The Morgan fingerprint density at radius 3 is 2.41 bits per heavy atom. The maximum atomic E-state index is 5.65. The highest BCUT2D eigenvalue weighted by Gasteiger charge is 2.48. The van der Waals surface area contributed by atoms with Gasteiger partial charge in [-0.3, -0.25) is 0 Å². The van der Waals surface area contributed by atoms with Crippen molar-refractivity contribution in [1.82, 2.24) is 0 Å². The summed E-state index contributed by atoms with van der Waals surface area (Å²) in [6.07, 6.45) is 4.58. The third-order valence-corrected chi connectivity index (χ3v) is 4.30. The summed E-state index contributed by atoms with van der Waals surface area (Å²) in [5, 5.41) is 0. The lowest BCUT2D eigenvalue weighted by molar-refractivity contribution is -0.231. The van der Waals surface area contributed by atoms with Crippen LogP contribution in [0.25, 0.3) is 0 Å². The smallest absolute Gasteiger partial charge is 0.169 e. The number of ether oxygens (including phenoxy) is 2. The van der Waals surface area contributed by atoms with Crippen LogP contribution in [0.4, 0.5) is 0 Å². The van der Waals surface area contributed by atoms with Crippen LogP contribution >= 0.6 is 15.9 Å². The summed E-state index contributed by atoms with van der Waals surface area (Å²) in [4.78, 5) is 0. The molecule has 0 atom stereocenters. The minimum absolute atomic E-state index is 0.176. The quantitative estimate of drug-likeness (QED) is 0.849. The van der Waals surface area contributed by atoms with Crippen LogP contribution in [-0.2, 0) is 15.9 Å². The number of aryl methyl sites for hydroxylation is 1. The van der Waals surface area contributed by atoms with Gasteiger partial charge in [0.25, 0.3) is 0 Å². The molecule has 1 aromatic rings. The molecule has 1 spiro atoms. The molecule has 2 fully saturated rings. The highest BCUT2D eigenvalue weighted by molar-refractivity contribution is 9.10. The summed E-state index contributed by atoms with van der Waals surface area (Å²) in [5.74, 6) is 0.599. The summed E-state index contributed by atoms with van der Waals surface area (Å²) < 4.78 is 12.4. The Hall–Kier alpha value is -0.380. The van der Waals surface area contributed by atoms with Crippen LogP contribution in [-0.4, -0.2) is 19.0 Å². The molecule has 17 heavy (non-hydrogen) atoms. The Kier molecular flexibility index (Phi) is 3.24. The van der Waals surface area contributed by atoms with Gasteiger partial charge in [0.2, 0.25) is 0 Å².